The first kappa shape index (κ1) is 15.3. The number of nitrogens with one attached hydrogen (secondary N) is 1. The Balaban J connectivity index is 1.76. The summed E-state index contributed by atoms with van der Waals surface area (Å²) in [7, 11) is 0. The van der Waals surface area contributed by atoms with Gasteiger partial charge in [0.1, 0.15) is 5.56 Å². The molecule has 24 heavy (non-hydrogen) atoms. The molecule has 2 aromatic heterocycles. The van der Waals surface area contributed by atoms with Crippen LogP contribution in [0.25, 0.3) is 11.5 Å². The molecule has 0 amide bonds. The van der Waals surface area contributed by atoms with Crippen molar-refractivity contribution in [3.8, 4) is 11.5 Å². The molecule has 2 aliphatic rings. The van der Waals surface area contributed by atoms with Crippen LogP contribution in [0, 0.1) is 5.41 Å². The van der Waals surface area contributed by atoms with Crippen molar-refractivity contribution < 1.29 is 9.32 Å². The highest BCUT2D eigenvalue weighted by molar-refractivity contribution is 5.99. The normalized spacial score (nSPS) is 21.2. The largest absolute Gasteiger partial charge is 0.334 e. The van der Waals surface area contributed by atoms with E-state index >= 15 is 0 Å². The second kappa shape index (κ2) is 4.86. The van der Waals surface area contributed by atoms with Gasteiger partial charge in [-0.05, 0) is 37.2 Å². The number of carbonyl (C=O) groups excluding carboxylic acids is 1. The van der Waals surface area contributed by atoms with Crippen molar-refractivity contribution in [1.29, 1.82) is 0 Å². The van der Waals surface area contributed by atoms with E-state index in [1.807, 2.05) is 13.8 Å². The van der Waals surface area contributed by atoms with Gasteiger partial charge >= 0.3 is 0 Å². The van der Waals surface area contributed by atoms with Gasteiger partial charge in [0.05, 0.1) is 5.54 Å². The average molecular weight is 328 g/mol. The van der Waals surface area contributed by atoms with Crippen LogP contribution in [-0.2, 0) is 12.0 Å². The predicted molar refractivity (Wildman–Crippen MR) is 86.5 cm³/mol. The molecular formula is C17H20N4O3. The number of pyridine rings is 1. The molecule has 0 atom stereocenters. The van der Waals surface area contributed by atoms with E-state index in [1.54, 1.807) is 6.07 Å². The summed E-state index contributed by atoms with van der Waals surface area (Å²) in [5.41, 5.74) is 6.60. The SMILES string of the molecule is CC1(C)CC(=O)c2cc(-c3nc(C4(N)CCC4)no3)c(=O)[nH]c2C1. The molecule has 0 saturated heterocycles. The molecule has 126 valence electrons. The fourth-order valence-corrected chi connectivity index (χ4v) is 3.50. The standard InChI is InChI=1S/C17H20N4O3/c1-16(2)7-11-9(12(22)8-16)6-10(13(23)19-11)14-20-15(21-24-14)17(18)4-3-5-17/h6H,3-5,7-8,18H2,1-2H3,(H,19,23). The number of carbonyl (C=O) groups is 1. The first-order chi connectivity index (χ1) is 11.3. The van der Waals surface area contributed by atoms with Crippen LogP contribution in [-0.4, -0.2) is 20.9 Å². The lowest BCUT2D eigenvalue weighted by atomic mass is 9.75. The number of rotatable bonds is 2. The van der Waals surface area contributed by atoms with Crippen molar-refractivity contribution >= 4 is 5.78 Å². The molecule has 2 heterocycles. The third-order valence-electron chi connectivity index (χ3n) is 5.07. The fourth-order valence-electron chi connectivity index (χ4n) is 3.50. The molecule has 0 aliphatic heterocycles. The summed E-state index contributed by atoms with van der Waals surface area (Å²) in [4.78, 5) is 32.0. The van der Waals surface area contributed by atoms with Crippen LogP contribution >= 0.6 is 0 Å². The number of hydrogen-bond donors (Lipinski definition) is 2. The van der Waals surface area contributed by atoms with E-state index < -0.39 is 5.54 Å². The topological polar surface area (TPSA) is 115 Å². The van der Waals surface area contributed by atoms with Gasteiger partial charge in [-0.1, -0.05) is 19.0 Å². The molecule has 1 saturated carbocycles. The number of nitrogens with two attached hydrogens (primary N) is 1. The third kappa shape index (κ3) is 2.31. The Hall–Kier alpha value is -2.28. The van der Waals surface area contributed by atoms with Crippen LogP contribution in [0.2, 0.25) is 0 Å². The lowest BCUT2D eigenvalue weighted by Gasteiger charge is -2.34. The Labute approximate surface area is 138 Å². The van der Waals surface area contributed by atoms with Crippen LogP contribution < -0.4 is 11.3 Å². The summed E-state index contributed by atoms with van der Waals surface area (Å²) in [5, 5.41) is 3.93. The van der Waals surface area contributed by atoms with Crippen molar-refractivity contribution in [1.82, 2.24) is 15.1 Å². The van der Waals surface area contributed by atoms with E-state index in [0.717, 1.165) is 19.3 Å². The van der Waals surface area contributed by atoms with E-state index in [-0.39, 0.29) is 28.2 Å². The van der Waals surface area contributed by atoms with E-state index in [9.17, 15) is 9.59 Å². The number of aromatic amines is 1. The maximum absolute atomic E-state index is 12.4. The zero-order valence-corrected chi connectivity index (χ0v) is 13.8. The maximum Gasteiger partial charge on any atom is 0.263 e. The quantitative estimate of drug-likeness (QED) is 0.870. The van der Waals surface area contributed by atoms with E-state index in [2.05, 4.69) is 15.1 Å². The van der Waals surface area contributed by atoms with Gasteiger partial charge in [-0.2, -0.15) is 4.98 Å². The number of nitrogens with zero attached hydrogens (tertiary/aromatic N) is 2. The van der Waals surface area contributed by atoms with Gasteiger partial charge in [0.25, 0.3) is 11.4 Å². The Bertz CT molecular complexity index is 889. The van der Waals surface area contributed by atoms with Crippen LogP contribution in [0.5, 0.6) is 0 Å². The minimum absolute atomic E-state index is 0.0211. The smallest absolute Gasteiger partial charge is 0.263 e. The van der Waals surface area contributed by atoms with Gasteiger partial charge in [0.15, 0.2) is 11.6 Å². The number of Topliss-reactive ketones (excluding diaryl/α,β-unsaturated/α-hetero) is 1. The number of hydrogen-bond acceptors (Lipinski definition) is 6. The molecule has 7 heteroatoms. The fraction of sp³-hybridized carbons (Fsp3) is 0.529. The summed E-state index contributed by atoms with van der Waals surface area (Å²) in [6, 6.07) is 1.58. The highest BCUT2D eigenvalue weighted by Gasteiger charge is 2.39. The first-order valence-electron chi connectivity index (χ1n) is 8.20. The molecule has 3 N–H and O–H groups in total. The maximum atomic E-state index is 12.4. The van der Waals surface area contributed by atoms with Crippen LogP contribution in [0.15, 0.2) is 15.4 Å². The Morgan fingerprint density at radius 2 is 1.96 bits per heavy atom. The summed E-state index contributed by atoms with van der Waals surface area (Å²) in [5.74, 6) is 0.560. The predicted octanol–water partition coefficient (Wildman–Crippen LogP) is 1.92. The highest BCUT2D eigenvalue weighted by atomic mass is 16.5. The molecule has 4 rings (SSSR count). The molecule has 7 nitrogen and oxygen atoms in total. The van der Waals surface area contributed by atoms with Crippen LogP contribution in [0.4, 0.5) is 0 Å². The third-order valence-corrected chi connectivity index (χ3v) is 5.07. The number of fused-ring (bicyclic) bond motifs is 1. The van der Waals surface area contributed by atoms with E-state index in [1.165, 1.54) is 0 Å². The molecule has 0 unspecified atom stereocenters. The minimum atomic E-state index is -0.553. The average Bonchev–Trinajstić information content (AvgIpc) is 2.92. The summed E-state index contributed by atoms with van der Waals surface area (Å²) in [6.45, 7) is 4.04. The zero-order chi connectivity index (χ0) is 17.1. The van der Waals surface area contributed by atoms with Crippen molar-refractivity contribution in [2.24, 2.45) is 11.1 Å². The molecule has 2 aliphatic carbocycles. The molecule has 0 spiro atoms. The lowest BCUT2D eigenvalue weighted by Crippen LogP contribution is -2.44. The van der Waals surface area contributed by atoms with E-state index in [4.69, 9.17) is 10.3 Å². The van der Waals surface area contributed by atoms with E-state index in [0.29, 0.717) is 29.9 Å². The monoisotopic (exact) mass is 328 g/mol. The van der Waals surface area contributed by atoms with Gasteiger partial charge in [0, 0.05) is 17.7 Å². The lowest BCUT2D eigenvalue weighted by molar-refractivity contribution is 0.0910. The van der Waals surface area contributed by atoms with Crippen molar-refractivity contribution in [3.63, 3.8) is 0 Å². The first-order valence-corrected chi connectivity index (χ1v) is 8.20. The van der Waals surface area contributed by atoms with Crippen molar-refractivity contribution in [3.05, 3.63) is 33.5 Å². The molecule has 1 fully saturated rings. The molecule has 0 bridgehead atoms. The van der Waals surface area contributed by atoms with Crippen molar-refractivity contribution in [2.75, 3.05) is 0 Å². The highest BCUT2D eigenvalue weighted by Crippen LogP contribution is 2.38. The molecular weight excluding hydrogens is 308 g/mol. The van der Waals surface area contributed by atoms with Gasteiger partial charge in [0.2, 0.25) is 0 Å². The molecule has 2 aromatic rings. The number of H-pyrrole nitrogens is 1. The minimum Gasteiger partial charge on any atom is -0.334 e. The Kier molecular flexibility index (Phi) is 3.09. The van der Waals surface area contributed by atoms with Gasteiger partial charge in [-0.25, -0.2) is 0 Å². The molecule has 0 aromatic carbocycles. The molecule has 0 radical (unpaired) electrons. The summed E-state index contributed by atoms with van der Waals surface area (Å²) < 4.78 is 5.25. The van der Waals surface area contributed by atoms with Crippen LogP contribution in [0.3, 0.4) is 0 Å². The zero-order valence-electron chi connectivity index (χ0n) is 13.8. The Morgan fingerprint density at radius 3 is 2.62 bits per heavy atom. The van der Waals surface area contributed by atoms with Gasteiger partial charge < -0.3 is 15.2 Å². The number of aromatic nitrogens is 3. The second-order valence-electron chi connectivity index (χ2n) is 7.78. The second-order valence-corrected chi connectivity index (χ2v) is 7.78. The van der Waals surface area contributed by atoms with Crippen LogP contribution in [0.1, 0.15) is 61.4 Å². The summed E-state index contributed by atoms with van der Waals surface area (Å²) >= 11 is 0. The summed E-state index contributed by atoms with van der Waals surface area (Å²) in [6.07, 6.45) is 3.75. The van der Waals surface area contributed by atoms with Crippen molar-refractivity contribution in [2.45, 2.75) is 51.5 Å². The van der Waals surface area contributed by atoms with Gasteiger partial charge in [-0.15, -0.1) is 0 Å². The Morgan fingerprint density at radius 1 is 1.21 bits per heavy atom. The van der Waals surface area contributed by atoms with Gasteiger partial charge in [-0.3, -0.25) is 9.59 Å². The number of ketones is 1.